The maximum atomic E-state index is 15.1. The van der Waals surface area contributed by atoms with Crippen molar-refractivity contribution in [2.24, 2.45) is 33.5 Å². The van der Waals surface area contributed by atoms with Gasteiger partial charge in [0.05, 0.1) is 23.2 Å². The van der Waals surface area contributed by atoms with E-state index in [1.54, 1.807) is 0 Å². The van der Waals surface area contributed by atoms with Gasteiger partial charge < -0.3 is 14.3 Å². The molecule has 8 atom stereocenters. The van der Waals surface area contributed by atoms with Crippen molar-refractivity contribution in [1.82, 2.24) is 4.90 Å². The summed E-state index contributed by atoms with van der Waals surface area (Å²) in [5.41, 5.74) is -1.88. The molecule has 6 aliphatic carbocycles. The second-order valence-corrected chi connectivity index (χ2v) is 18.2. The Morgan fingerprint density at radius 2 is 1.68 bits per heavy atom. The fourth-order valence-electron chi connectivity index (χ4n) is 12.8. The first-order valence-electron chi connectivity index (χ1n) is 19.7. The molecule has 1 N–H and O–H groups in total. The highest BCUT2D eigenvalue weighted by atomic mass is 35.5. The van der Waals surface area contributed by atoms with Crippen LogP contribution in [0, 0.1) is 33.5 Å². The summed E-state index contributed by atoms with van der Waals surface area (Å²) in [7, 11) is 0. The second kappa shape index (κ2) is 11.9. The maximum Gasteiger partial charge on any atom is 0.416 e. The number of benzene rings is 3. The number of hydrogen-bond acceptors (Lipinski definition) is 5. The highest BCUT2D eigenvalue weighted by Gasteiger charge is 2.76. The van der Waals surface area contributed by atoms with Crippen LogP contribution in [0.4, 0.5) is 18.0 Å². The number of fused-ring (bicyclic) bond motifs is 3. The van der Waals surface area contributed by atoms with Gasteiger partial charge >= 0.3 is 12.3 Å². The number of hydrogen-bond donors (Lipinski definition) is 1. The quantitative estimate of drug-likeness (QED) is 0.161. The molecular formula is C46H43ClF3NO5. The van der Waals surface area contributed by atoms with Crippen LogP contribution >= 0.6 is 11.6 Å². The number of carbonyl (C=O) groups is 2. The van der Waals surface area contributed by atoms with Crippen molar-refractivity contribution in [1.29, 1.82) is 0 Å². The summed E-state index contributed by atoms with van der Waals surface area (Å²) in [6.45, 7) is 5.46. The van der Waals surface area contributed by atoms with Crippen molar-refractivity contribution in [3.05, 3.63) is 119 Å². The van der Waals surface area contributed by atoms with Gasteiger partial charge in [0, 0.05) is 33.9 Å². The van der Waals surface area contributed by atoms with E-state index in [9.17, 15) is 23.1 Å². The number of carbonyl (C=O) groups excluding carboxylic acids is 2. The van der Waals surface area contributed by atoms with Crippen molar-refractivity contribution in [3.63, 3.8) is 0 Å². The van der Waals surface area contributed by atoms with Crippen LogP contribution in [0.5, 0.6) is 0 Å². The first kappa shape index (κ1) is 36.0. The molecule has 10 heteroatoms. The van der Waals surface area contributed by atoms with Crippen LogP contribution in [-0.2, 0) is 17.5 Å². The van der Waals surface area contributed by atoms with E-state index >= 15 is 4.79 Å². The van der Waals surface area contributed by atoms with E-state index in [-0.39, 0.29) is 51.2 Å². The Bertz CT molecular complexity index is 2400. The molecule has 3 aromatic carbocycles. The third-order valence-electron chi connectivity index (χ3n) is 15.5. The summed E-state index contributed by atoms with van der Waals surface area (Å²) in [5.74, 6) is -0.205. The average Bonchev–Trinajstić information content (AvgIpc) is 3.86. The lowest BCUT2D eigenvalue weighted by atomic mass is 9.32. The number of aliphatic hydroxyl groups excluding tert-OH is 1. The number of rotatable bonds is 5. The molecule has 1 amide bonds. The number of furan rings is 1. The Morgan fingerprint density at radius 1 is 0.929 bits per heavy atom. The zero-order chi connectivity index (χ0) is 39.0. The van der Waals surface area contributed by atoms with E-state index in [1.807, 2.05) is 23.1 Å². The van der Waals surface area contributed by atoms with Gasteiger partial charge in [-0.15, -0.1) is 0 Å². The molecule has 11 rings (SSSR count). The van der Waals surface area contributed by atoms with Gasteiger partial charge in [0.1, 0.15) is 11.4 Å². The summed E-state index contributed by atoms with van der Waals surface area (Å²) >= 11 is 6.40. The number of amides is 1. The predicted molar refractivity (Wildman–Crippen MR) is 206 cm³/mol. The number of Topliss-reactive ketones (excluding diaryl/α,β-unsaturated/α-hetero) is 1. The Labute approximate surface area is 328 Å². The molecule has 2 bridgehead atoms. The van der Waals surface area contributed by atoms with Crippen LogP contribution < -0.4 is 0 Å². The van der Waals surface area contributed by atoms with Crippen molar-refractivity contribution in [2.45, 2.75) is 83.2 Å². The van der Waals surface area contributed by atoms with E-state index in [2.05, 4.69) is 56.3 Å². The molecule has 2 heterocycles. The number of alkyl halides is 3. The first-order valence-corrected chi connectivity index (χ1v) is 20.1. The molecule has 0 radical (unpaired) electrons. The standard InChI is InChI=1S/C46H43ClF3NO5/c1-41-17-14-30(52)23-43(41)20-21-45(33(24-43)39(53)36-13-12-35(55-36)32-22-29(46(48,49)50)10-11-34(32)47)37(41)15-18-42(2)38(45)16-19-44(42)26-51(40(54)56-44)25-28-8-5-7-27-6-3-4-9-31(27)28/h3-13,20-22,24,30,37-38,52H,14-19,23,25-26H2,1-2H3/t30-,37+,38+,41+,42-,43-,44+,45-/m0/s1. The highest BCUT2D eigenvalue weighted by Crippen LogP contribution is 2.79. The number of halogens is 4. The predicted octanol–water partition coefficient (Wildman–Crippen LogP) is 11.2. The molecule has 56 heavy (non-hydrogen) atoms. The molecule has 7 aliphatic rings. The van der Waals surface area contributed by atoms with Crippen molar-refractivity contribution < 1.29 is 37.0 Å². The van der Waals surface area contributed by atoms with Crippen LogP contribution in [-0.4, -0.2) is 40.1 Å². The van der Waals surface area contributed by atoms with Gasteiger partial charge in [-0.1, -0.05) is 86.1 Å². The van der Waals surface area contributed by atoms with Crippen LogP contribution in [0.2, 0.25) is 5.02 Å². The summed E-state index contributed by atoms with van der Waals surface area (Å²) in [6.07, 6.45) is 6.22. The average molecular weight is 782 g/mol. The molecule has 1 saturated heterocycles. The Kier molecular flexibility index (Phi) is 7.63. The monoisotopic (exact) mass is 781 g/mol. The maximum absolute atomic E-state index is 15.1. The molecule has 1 aromatic heterocycles. The molecule has 3 spiro atoms. The van der Waals surface area contributed by atoms with E-state index in [0.29, 0.717) is 37.9 Å². The highest BCUT2D eigenvalue weighted by molar-refractivity contribution is 6.33. The molecule has 0 unspecified atom stereocenters. The van der Waals surface area contributed by atoms with Gasteiger partial charge in [-0.25, -0.2) is 4.79 Å². The first-order chi connectivity index (χ1) is 26.6. The van der Waals surface area contributed by atoms with Gasteiger partial charge in [-0.3, -0.25) is 9.69 Å². The molecule has 1 aliphatic heterocycles. The fourth-order valence-corrected chi connectivity index (χ4v) is 13.0. The molecule has 3 saturated carbocycles. The Balaban J connectivity index is 1.04. The number of allylic oxidation sites excluding steroid dienone is 4. The molecule has 4 fully saturated rings. The fraction of sp³-hybridized carbons (Fsp3) is 0.435. The van der Waals surface area contributed by atoms with Gasteiger partial charge in [-0.2, -0.15) is 13.2 Å². The summed E-state index contributed by atoms with van der Waals surface area (Å²) < 4.78 is 53.8. The zero-order valence-corrected chi connectivity index (χ0v) is 32.1. The minimum Gasteiger partial charge on any atom is -0.453 e. The normalized spacial score (nSPS) is 35.7. The molecule has 290 valence electrons. The summed E-state index contributed by atoms with van der Waals surface area (Å²) in [5, 5.41) is 13.4. The van der Waals surface area contributed by atoms with Crippen molar-refractivity contribution in [3.8, 4) is 11.3 Å². The van der Waals surface area contributed by atoms with Gasteiger partial charge in [0.25, 0.3) is 0 Å². The minimum atomic E-state index is -4.58. The van der Waals surface area contributed by atoms with Crippen LogP contribution in [0.15, 0.2) is 101 Å². The van der Waals surface area contributed by atoms with Gasteiger partial charge in [0.2, 0.25) is 5.78 Å². The SMILES string of the molecule is C[C@]12CC[C@H]3[C@@]4(C=C[C@@]5(C=C4C(=O)c4ccc(-c6cc(C(F)(F)F)ccc6Cl)o4)C[C@@H](O)CC[C@]35C)[C@@H]1CC[C@@]21CN(Cc2cccc3ccccc23)C(=O)O1. The number of ether oxygens (including phenoxy) is 1. The van der Waals surface area contributed by atoms with E-state index in [0.717, 1.165) is 54.2 Å². The van der Waals surface area contributed by atoms with E-state index < -0.39 is 39.7 Å². The van der Waals surface area contributed by atoms with Crippen LogP contribution in [0.3, 0.4) is 0 Å². The molecule has 6 nitrogen and oxygen atoms in total. The summed E-state index contributed by atoms with van der Waals surface area (Å²) in [6, 6.07) is 20.4. The van der Waals surface area contributed by atoms with Crippen molar-refractivity contribution in [2.75, 3.05) is 6.54 Å². The molecular weight excluding hydrogens is 739 g/mol. The minimum absolute atomic E-state index is 0.0248. The Hall–Kier alpha value is -4.34. The number of ketones is 1. The largest absolute Gasteiger partial charge is 0.453 e. The number of nitrogens with zero attached hydrogens (tertiary/aromatic N) is 1. The van der Waals surface area contributed by atoms with Gasteiger partial charge in [-0.05, 0) is 109 Å². The van der Waals surface area contributed by atoms with E-state index in [1.165, 1.54) is 18.2 Å². The zero-order valence-electron chi connectivity index (χ0n) is 31.3. The number of aliphatic hydroxyl groups is 1. The topological polar surface area (TPSA) is 80.0 Å². The smallest absolute Gasteiger partial charge is 0.416 e. The lowest BCUT2D eigenvalue weighted by Crippen LogP contribution is -2.67. The summed E-state index contributed by atoms with van der Waals surface area (Å²) in [4.78, 5) is 30.8. The second-order valence-electron chi connectivity index (χ2n) is 17.8. The third-order valence-corrected chi connectivity index (χ3v) is 15.9. The Morgan fingerprint density at radius 3 is 2.50 bits per heavy atom. The van der Waals surface area contributed by atoms with Crippen LogP contribution in [0.25, 0.3) is 22.1 Å². The van der Waals surface area contributed by atoms with Crippen LogP contribution in [0.1, 0.15) is 80.5 Å². The van der Waals surface area contributed by atoms with E-state index in [4.69, 9.17) is 20.8 Å². The third kappa shape index (κ3) is 4.73. The molecule has 4 aromatic rings. The van der Waals surface area contributed by atoms with Gasteiger partial charge in [0.15, 0.2) is 5.76 Å². The van der Waals surface area contributed by atoms with Crippen molar-refractivity contribution >= 4 is 34.2 Å². The lowest BCUT2D eigenvalue weighted by Gasteiger charge is -2.71. The lowest BCUT2D eigenvalue weighted by molar-refractivity contribution is -0.164.